The number of rotatable bonds is 5. The van der Waals surface area contributed by atoms with Crippen LogP contribution in [-0.2, 0) is 13.0 Å². The lowest BCUT2D eigenvalue weighted by Gasteiger charge is -2.31. The smallest absolute Gasteiger partial charge is 0.119 e. The number of nitrogens with zero attached hydrogens (tertiary/aromatic N) is 1. The van der Waals surface area contributed by atoms with Gasteiger partial charge in [-0.1, -0.05) is 13.0 Å². The molecule has 1 aliphatic heterocycles. The summed E-state index contributed by atoms with van der Waals surface area (Å²) in [4.78, 5) is 2.55. The van der Waals surface area contributed by atoms with Crippen molar-refractivity contribution < 1.29 is 4.74 Å². The van der Waals surface area contributed by atoms with Crippen molar-refractivity contribution in [3.63, 3.8) is 0 Å². The zero-order chi connectivity index (χ0) is 13.7. The molecule has 1 aromatic rings. The van der Waals surface area contributed by atoms with E-state index in [4.69, 9.17) is 10.5 Å². The van der Waals surface area contributed by atoms with Gasteiger partial charge in [-0.15, -0.1) is 0 Å². The molecule has 1 aromatic carbocycles. The Morgan fingerprint density at radius 3 is 2.58 bits per heavy atom. The summed E-state index contributed by atoms with van der Waals surface area (Å²) < 4.78 is 5.30. The maximum absolute atomic E-state index is 5.75. The second kappa shape index (κ2) is 6.92. The van der Waals surface area contributed by atoms with Gasteiger partial charge >= 0.3 is 0 Å². The number of piperidine rings is 1. The van der Waals surface area contributed by atoms with E-state index in [9.17, 15) is 0 Å². The summed E-state index contributed by atoms with van der Waals surface area (Å²) in [6.07, 6.45) is 3.55. The van der Waals surface area contributed by atoms with Crippen LogP contribution in [0.2, 0.25) is 0 Å². The zero-order valence-electron chi connectivity index (χ0n) is 12.2. The molecule has 0 bridgehead atoms. The second-order valence-corrected chi connectivity index (χ2v) is 5.44. The van der Waals surface area contributed by atoms with Crippen molar-refractivity contribution in [3.8, 4) is 5.75 Å². The first kappa shape index (κ1) is 14.4. The monoisotopic (exact) mass is 262 g/mol. The Bertz CT molecular complexity index is 398. The van der Waals surface area contributed by atoms with Gasteiger partial charge in [0.1, 0.15) is 5.75 Å². The largest absolute Gasteiger partial charge is 0.497 e. The van der Waals surface area contributed by atoms with E-state index in [0.29, 0.717) is 0 Å². The van der Waals surface area contributed by atoms with Gasteiger partial charge in [0.05, 0.1) is 7.11 Å². The van der Waals surface area contributed by atoms with E-state index in [1.807, 2.05) is 0 Å². The normalized spacial score (nSPS) is 17.6. The molecule has 3 nitrogen and oxygen atoms in total. The van der Waals surface area contributed by atoms with Gasteiger partial charge in [-0.3, -0.25) is 4.90 Å². The van der Waals surface area contributed by atoms with Gasteiger partial charge in [0.15, 0.2) is 0 Å². The van der Waals surface area contributed by atoms with Crippen LogP contribution in [0.15, 0.2) is 18.2 Å². The Morgan fingerprint density at radius 1 is 1.26 bits per heavy atom. The molecule has 0 aliphatic carbocycles. The molecule has 2 rings (SSSR count). The van der Waals surface area contributed by atoms with Gasteiger partial charge < -0.3 is 10.5 Å². The average molecular weight is 262 g/mol. The number of methoxy groups -OCH3 is 1. The Balaban J connectivity index is 1.99. The van der Waals surface area contributed by atoms with Gasteiger partial charge in [-0.05, 0) is 68.1 Å². The lowest BCUT2D eigenvalue weighted by atomic mass is 9.96. The first-order valence-corrected chi connectivity index (χ1v) is 7.35. The fourth-order valence-corrected chi connectivity index (χ4v) is 2.83. The van der Waals surface area contributed by atoms with Crippen LogP contribution in [-0.4, -0.2) is 31.6 Å². The van der Waals surface area contributed by atoms with E-state index in [-0.39, 0.29) is 0 Å². The second-order valence-electron chi connectivity index (χ2n) is 5.44. The molecule has 106 valence electrons. The van der Waals surface area contributed by atoms with Crippen molar-refractivity contribution in [3.05, 3.63) is 29.3 Å². The van der Waals surface area contributed by atoms with E-state index in [1.165, 1.54) is 37.1 Å². The number of benzene rings is 1. The van der Waals surface area contributed by atoms with Crippen molar-refractivity contribution in [2.45, 2.75) is 32.7 Å². The number of aryl methyl sites for hydroxylation is 1. The van der Waals surface area contributed by atoms with Gasteiger partial charge in [0.2, 0.25) is 0 Å². The Hall–Kier alpha value is -1.06. The first-order chi connectivity index (χ1) is 9.26. The predicted molar refractivity (Wildman–Crippen MR) is 79.4 cm³/mol. The van der Waals surface area contributed by atoms with E-state index in [2.05, 4.69) is 30.0 Å². The number of hydrogen-bond acceptors (Lipinski definition) is 3. The molecule has 1 aliphatic rings. The van der Waals surface area contributed by atoms with E-state index in [0.717, 1.165) is 31.2 Å². The van der Waals surface area contributed by atoms with Crippen LogP contribution in [0, 0.1) is 5.92 Å². The summed E-state index contributed by atoms with van der Waals surface area (Å²) in [6, 6.07) is 6.45. The molecule has 0 atom stereocenters. The Morgan fingerprint density at radius 2 is 2.00 bits per heavy atom. The van der Waals surface area contributed by atoms with Gasteiger partial charge in [0.25, 0.3) is 0 Å². The molecule has 0 amide bonds. The molecule has 1 heterocycles. The minimum Gasteiger partial charge on any atom is -0.497 e. The molecule has 19 heavy (non-hydrogen) atoms. The topological polar surface area (TPSA) is 38.5 Å². The summed E-state index contributed by atoms with van der Waals surface area (Å²) in [6.45, 7) is 6.47. The third kappa shape index (κ3) is 3.71. The van der Waals surface area contributed by atoms with Crippen molar-refractivity contribution in [2.75, 3.05) is 26.7 Å². The van der Waals surface area contributed by atoms with Crippen molar-refractivity contribution in [1.82, 2.24) is 4.90 Å². The highest BCUT2D eigenvalue weighted by atomic mass is 16.5. The zero-order valence-corrected chi connectivity index (χ0v) is 12.2. The van der Waals surface area contributed by atoms with E-state index >= 15 is 0 Å². The van der Waals surface area contributed by atoms with Crippen LogP contribution in [0.4, 0.5) is 0 Å². The van der Waals surface area contributed by atoms with Crippen molar-refractivity contribution in [2.24, 2.45) is 11.7 Å². The van der Waals surface area contributed by atoms with E-state index in [1.54, 1.807) is 7.11 Å². The maximum Gasteiger partial charge on any atom is 0.119 e. The van der Waals surface area contributed by atoms with Crippen molar-refractivity contribution >= 4 is 0 Å². The maximum atomic E-state index is 5.75. The van der Waals surface area contributed by atoms with Crippen LogP contribution >= 0.6 is 0 Å². The summed E-state index contributed by atoms with van der Waals surface area (Å²) in [7, 11) is 1.73. The number of nitrogens with two attached hydrogens (primary N) is 1. The molecule has 0 unspecified atom stereocenters. The molecule has 1 fully saturated rings. The molecule has 0 aromatic heterocycles. The quantitative estimate of drug-likeness (QED) is 0.885. The average Bonchev–Trinajstić information content (AvgIpc) is 2.48. The fourth-order valence-electron chi connectivity index (χ4n) is 2.83. The SMILES string of the molecule is CCc1cc(OC)ccc1CN1CCC(CN)CC1. The van der Waals surface area contributed by atoms with Crippen molar-refractivity contribution in [1.29, 1.82) is 0 Å². The standard InChI is InChI=1S/C16H26N2O/c1-3-14-10-16(19-2)5-4-15(14)12-18-8-6-13(11-17)7-9-18/h4-5,10,13H,3,6-9,11-12,17H2,1-2H3. The van der Waals surface area contributed by atoms with E-state index < -0.39 is 0 Å². The molecular formula is C16H26N2O. The van der Waals surface area contributed by atoms with Crippen LogP contribution in [0.1, 0.15) is 30.9 Å². The molecule has 3 heteroatoms. The summed E-state index contributed by atoms with van der Waals surface area (Å²) >= 11 is 0. The Kier molecular flexibility index (Phi) is 5.23. The minimum atomic E-state index is 0.734. The highest BCUT2D eigenvalue weighted by molar-refractivity contribution is 5.35. The highest BCUT2D eigenvalue weighted by Gasteiger charge is 2.18. The lowest BCUT2D eigenvalue weighted by Crippen LogP contribution is -2.35. The number of hydrogen-bond donors (Lipinski definition) is 1. The lowest BCUT2D eigenvalue weighted by molar-refractivity contribution is 0.180. The highest BCUT2D eigenvalue weighted by Crippen LogP contribution is 2.22. The van der Waals surface area contributed by atoms with Gasteiger partial charge in [0, 0.05) is 6.54 Å². The van der Waals surface area contributed by atoms with Gasteiger partial charge in [-0.25, -0.2) is 0 Å². The molecule has 2 N–H and O–H groups in total. The minimum absolute atomic E-state index is 0.734. The summed E-state index contributed by atoms with van der Waals surface area (Å²) in [5.74, 6) is 1.69. The van der Waals surface area contributed by atoms with Crippen LogP contribution in [0.25, 0.3) is 0 Å². The van der Waals surface area contributed by atoms with Crippen LogP contribution in [0.5, 0.6) is 5.75 Å². The molecule has 0 spiro atoms. The number of ether oxygens (including phenoxy) is 1. The third-order valence-corrected chi connectivity index (χ3v) is 4.23. The molecule has 0 saturated carbocycles. The van der Waals surface area contributed by atoms with Gasteiger partial charge in [-0.2, -0.15) is 0 Å². The molecule has 1 saturated heterocycles. The van der Waals surface area contributed by atoms with Crippen LogP contribution < -0.4 is 10.5 Å². The number of likely N-dealkylation sites (tertiary alicyclic amines) is 1. The first-order valence-electron chi connectivity index (χ1n) is 7.35. The molecule has 0 radical (unpaired) electrons. The third-order valence-electron chi connectivity index (χ3n) is 4.23. The summed E-state index contributed by atoms with van der Waals surface area (Å²) in [5, 5.41) is 0. The summed E-state index contributed by atoms with van der Waals surface area (Å²) in [5.41, 5.74) is 8.59. The fraction of sp³-hybridized carbons (Fsp3) is 0.625. The molecular weight excluding hydrogens is 236 g/mol. The Labute approximate surface area is 116 Å². The van der Waals surface area contributed by atoms with Crippen LogP contribution in [0.3, 0.4) is 0 Å². The predicted octanol–water partition coefficient (Wildman–Crippen LogP) is 2.43.